The van der Waals surface area contributed by atoms with Crippen LogP contribution in [-0.4, -0.2) is 25.0 Å². The molecule has 1 fully saturated rings. The van der Waals surface area contributed by atoms with Gasteiger partial charge >= 0.3 is 5.97 Å². The Kier molecular flexibility index (Phi) is 11.3. The monoisotopic (exact) mass is 491 g/mol. The van der Waals surface area contributed by atoms with Crippen molar-refractivity contribution < 1.29 is 23.5 Å². The topological polar surface area (TPSA) is 64.6 Å². The number of ether oxygens (including phenoxy) is 2. The number of carbonyl (C=O) groups excluding carboxylic acids is 2. The molecule has 2 aromatic carbocycles. The Morgan fingerprint density at radius 1 is 1.15 bits per heavy atom. The highest BCUT2D eigenvalue weighted by molar-refractivity contribution is 6.30. The van der Waals surface area contributed by atoms with Crippen LogP contribution in [-0.2, 0) is 20.7 Å². The summed E-state index contributed by atoms with van der Waals surface area (Å²) in [6.07, 6.45) is 4.24. The molecule has 0 spiro atoms. The number of hydrogen-bond donors (Lipinski definition) is 1. The molecule has 34 heavy (non-hydrogen) atoms. The third kappa shape index (κ3) is 8.01. The summed E-state index contributed by atoms with van der Waals surface area (Å²) in [5, 5.41) is 3.71. The normalized spacial score (nSPS) is 17.1. The molecule has 1 aliphatic rings. The van der Waals surface area contributed by atoms with E-state index < -0.39 is 12.0 Å². The second-order valence-electron chi connectivity index (χ2n) is 8.37. The molecule has 7 heteroatoms. The van der Waals surface area contributed by atoms with Crippen LogP contribution in [0.15, 0.2) is 42.5 Å². The summed E-state index contributed by atoms with van der Waals surface area (Å²) in [7, 11) is 1.58. The second kappa shape index (κ2) is 14.0. The lowest BCUT2D eigenvalue weighted by Gasteiger charge is -2.22. The Balaban J connectivity index is 0.000000310. The maximum absolute atomic E-state index is 12.9. The minimum atomic E-state index is -0.524. The Bertz CT molecular complexity index is 929. The number of cyclic esters (lactones) is 1. The number of esters is 1. The van der Waals surface area contributed by atoms with E-state index >= 15 is 0 Å². The van der Waals surface area contributed by atoms with Crippen molar-refractivity contribution in [2.75, 3.05) is 7.11 Å². The standard InChI is InChI=1S/C18H24ClNO3.C9H11FO/c1-3-5-14(6-4-2)20-18(22)15-11-16(21)23-17(15)12-7-9-13(19)10-8-12;1-3-7-6-8(11-2)4-5-9(7)10/h7-10,14-15,17H,3-6,11H2,1-2H3,(H,20,22);4-6H,3H2,1-2H3/t15-,17?;/m0./s1. The number of nitrogens with one attached hydrogen (secondary N) is 1. The SMILES string of the molecule is CCCC(CCC)NC(=O)[C@H]1CC(=O)OC1c1ccc(Cl)cc1.CCc1cc(OC)ccc1F. The first-order valence-electron chi connectivity index (χ1n) is 11.9. The van der Waals surface area contributed by atoms with Gasteiger partial charge in [0, 0.05) is 11.1 Å². The number of benzene rings is 2. The fourth-order valence-corrected chi connectivity index (χ4v) is 4.11. The van der Waals surface area contributed by atoms with Crippen LogP contribution in [0, 0.1) is 11.7 Å². The van der Waals surface area contributed by atoms with Crippen molar-refractivity contribution in [3.63, 3.8) is 0 Å². The Hall–Kier alpha value is -2.60. The lowest BCUT2D eigenvalue weighted by molar-refractivity contribution is -0.141. The van der Waals surface area contributed by atoms with Crippen LogP contribution < -0.4 is 10.1 Å². The van der Waals surface area contributed by atoms with Gasteiger partial charge in [-0.05, 0) is 60.7 Å². The van der Waals surface area contributed by atoms with E-state index in [-0.39, 0.29) is 30.2 Å². The molecule has 1 amide bonds. The molecule has 1 unspecified atom stereocenters. The molecule has 1 aliphatic heterocycles. The molecule has 1 N–H and O–H groups in total. The van der Waals surface area contributed by atoms with Gasteiger partial charge in [-0.25, -0.2) is 4.39 Å². The molecule has 0 radical (unpaired) electrons. The van der Waals surface area contributed by atoms with Crippen molar-refractivity contribution in [3.8, 4) is 5.75 Å². The number of aryl methyl sites for hydroxylation is 1. The van der Waals surface area contributed by atoms with Crippen molar-refractivity contribution in [2.45, 2.75) is 71.4 Å². The van der Waals surface area contributed by atoms with Gasteiger partial charge in [0.05, 0.1) is 19.4 Å². The van der Waals surface area contributed by atoms with Crippen LogP contribution in [0.2, 0.25) is 5.02 Å². The smallest absolute Gasteiger partial charge is 0.307 e. The van der Waals surface area contributed by atoms with Gasteiger partial charge in [-0.15, -0.1) is 0 Å². The molecule has 186 valence electrons. The van der Waals surface area contributed by atoms with Crippen LogP contribution in [0.5, 0.6) is 5.75 Å². The van der Waals surface area contributed by atoms with Crippen molar-refractivity contribution in [1.29, 1.82) is 0 Å². The number of halogens is 2. The van der Waals surface area contributed by atoms with Crippen LogP contribution >= 0.6 is 11.6 Å². The minimum absolute atomic E-state index is 0.0947. The van der Waals surface area contributed by atoms with E-state index in [1.807, 2.05) is 6.92 Å². The molecule has 0 aromatic heterocycles. The highest BCUT2D eigenvalue weighted by Crippen LogP contribution is 2.36. The molecule has 2 atom stereocenters. The Morgan fingerprint density at radius 2 is 1.79 bits per heavy atom. The number of carbonyl (C=O) groups is 2. The van der Waals surface area contributed by atoms with Crippen LogP contribution in [0.4, 0.5) is 4.39 Å². The molecule has 1 heterocycles. The quantitative estimate of drug-likeness (QED) is 0.411. The van der Waals surface area contributed by atoms with Crippen molar-refractivity contribution in [3.05, 3.63) is 64.4 Å². The summed E-state index contributed by atoms with van der Waals surface area (Å²) in [5.41, 5.74) is 1.51. The van der Waals surface area contributed by atoms with Gasteiger partial charge in [0.2, 0.25) is 5.91 Å². The maximum Gasteiger partial charge on any atom is 0.307 e. The summed E-state index contributed by atoms with van der Waals surface area (Å²) >= 11 is 5.90. The average molecular weight is 492 g/mol. The first-order valence-corrected chi connectivity index (χ1v) is 12.3. The van der Waals surface area contributed by atoms with Gasteiger partial charge in [-0.3, -0.25) is 9.59 Å². The van der Waals surface area contributed by atoms with Crippen molar-refractivity contribution >= 4 is 23.5 Å². The van der Waals surface area contributed by atoms with Gasteiger partial charge in [-0.1, -0.05) is 57.3 Å². The molecule has 2 aromatic rings. The van der Waals surface area contributed by atoms with Gasteiger partial charge < -0.3 is 14.8 Å². The first kappa shape index (κ1) is 27.6. The van der Waals surface area contributed by atoms with Crippen LogP contribution in [0.3, 0.4) is 0 Å². The zero-order chi connectivity index (χ0) is 25.1. The summed E-state index contributed by atoms with van der Waals surface area (Å²) < 4.78 is 23.2. The fraction of sp³-hybridized carbons (Fsp3) is 0.481. The van der Waals surface area contributed by atoms with Crippen LogP contribution in [0.25, 0.3) is 0 Å². The second-order valence-corrected chi connectivity index (χ2v) is 8.80. The summed E-state index contributed by atoms with van der Waals surface area (Å²) in [5.74, 6) is -0.341. The zero-order valence-electron chi connectivity index (χ0n) is 20.4. The zero-order valence-corrected chi connectivity index (χ0v) is 21.2. The van der Waals surface area contributed by atoms with Gasteiger partial charge in [0.1, 0.15) is 17.7 Å². The van der Waals surface area contributed by atoms with Crippen molar-refractivity contribution in [2.24, 2.45) is 5.92 Å². The molecular weight excluding hydrogens is 457 g/mol. The first-order chi connectivity index (χ1) is 16.3. The van der Waals surface area contributed by atoms with Gasteiger partial charge in [0.25, 0.3) is 0 Å². The van der Waals surface area contributed by atoms with Crippen LogP contribution in [0.1, 0.15) is 70.1 Å². The fourth-order valence-electron chi connectivity index (χ4n) is 3.98. The molecule has 1 saturated heterocycles. The van der Waals surface area contributed by atoms with E-state index in [1.165, 1.54) is 6.07 Å². The predicted molar refractivity (Wildman–Crippen MR) is 132 cm³/mol. The number of rotatable bonds is 9. The van der Waals surface area contributed by atoms with Crippen molar-refractivity contribution in [1.82, 2.24) is 5.32 Å². The minimum Gasteiger partial charge on any atom is -0.497 e. The largest absolute Gasteiger partial charge is 0.497 e. The average Bonchev–Trinajstić information content (AvgIpc) is 3.22. The molecule has 0 aliphatic carbocycles. The molecule has 0 bridgehead atoms. The Morgan fingerprint density at radius 3 is 2.35 bits per heavy atom. The molecule has 0 saturated carbocycles. The highest BCUT2D eigenvalue weighted by Gasteiger charge is 2.41. The molecular formula is C27H35ClFNO4. The number of amides is 1. The van der Waals surface area contributed by atoms with E-state index in [2.05, 4.69) is 19.2 Å². The lowest BCUT2D eigenvalue weighted by atomic mass is 9.93. The van der Waals surface area contributed by atoms with Gasteiger partial charge in [0.15, 0.2) is 0 Å². The third-order valence-electron chi connectivity index (χ3n) is 5.80. The van der Waals surface area contributed by atoms with E-state index in [1.54, 1.807) is 43.5 Å². The molecule has 5 nitrogen and oxygen atoms in total. The third-order valence-corrected chi connectivity index (χ3v) is 6.05. The van der Waals surface area contributed by atoms with Gasteiger partial charge in [-0.2, -0.15) is 0 Å². The molecule has 3 rings (SSSR count). The summed E-state index contributed by atoms with van der Waals surface area (Å²) in [4.78, 5) is 24.3. The van der Waals surface area contributed by atoms with E-state index in [9.17, 15) is 14.0 Å². The van der Waals surface area contributed by atoms with E-state index in [4.69, 9.17) is 21.1 Å². The summed E-state index contributed by atoms with van der Waals surface area (Å²) in [6, 6.07) is 12.0. The number of hydrogen-bond acceptors (Lipinski definition) is 4. The number of methoxy groups -OCH3 is 1. The summed E-state index contributed by atoms with van der Waals surface area (Å²) in [6.45, 7) is 6.12. The predicted octanol–water partition coefficient (Wildman–Crippen LogP) is 6.43. The van der Waals surface area contributed by atoms with E-state index in [0.717, 1.165) is 31.2 Å². The lowest BCUT2D eigenvalue weighted by Crippen LogP contribution is -2.39. The maximum atomic E-state index is 12.9. The highest BCUT2D eigenvalue weighted by atomic mass is 35.5. The van der Waals surface area contributed by atoms with E-state index in [0.29, 0.717) is 22.8 Å². The Labute approximate surface area is 207 Å².